The van der Waals surface area contributed by atoms with Crippen LogP contribution in [0.2, 0.25) is 0 Å². The molecule has 2 heterocycles. The van der Waals surface area contributed by atoms with Crippen molar-refractivity contribution < 1.29 is 8.78 Å². The van der Waals surface area contributed by atoms with E-state index in [4.69, 9.17) is 0 Å². The molecule has 1 aliphatic rings. The van der Waals surface area contributed by atoms with Crippen molar-refractivity contribution in [1.29, 1.82) is 0 Å². The average molecular weight is 376 g/mol. The zero-order valence-corrected chi connectivity index (χ0v) is 15.8. The summed E-state index contributed by atoms with van der Waals surface area (Å²) in [5.74, 6) is -0.297. The fourth-order valence-electron chi connectivity index (χ4n) is 3.24. The van der Waals surface area contributed by atoms with Gasteiger partial charge in [0.1, 0.15) is 11.6 Å². The maximum Gasteiger partial charge on any atom is 0.191 e. The number of aryl methyl sites for hydroxylation is 1. The van der Waals surface area contributed by atoms with Crippen LogP contribution in [0, 0.1) is 11.6 Å². The summed E-state index contributed by atoms with van der Waals surface area (Å²) in [6.07, 6.45) is 5.96. The fraction of sp³-hybridized carbons (Fsp3) is 0.474. The van der Waals surface area contributed by atoms with Crippen LogP contribution in [-0.2, 0) is 13.6 Å². The molecule has 0 bridgehead atoms. The molecule has 0 saturated carbocycles. The molecule has 1 aliphatic heterocycles. The number of nitrogens with one attached hydrogen (secondary N) is 2. The number of aliphatic imine (C=N–C) groups is 1. The van der Waals surface area contributed by atoms with E-state index in [1.807, 2.05) is 26.4 Å². The van der Waals surface area contributed by atoms with Crippen molar-refractivity contribution in [3.05, 3.63) is 47.8 Å². The van der Waals surface area contributed by atoms with E-state index in [9.17, 15) is 8.78 Å². The molecule has 27 heavy (non-hydrogen) atoms. The van der Waals surface area contributed by atoms with Crippen molar-refractivity contribution in [3.63, 3.8) is 0 Å². The molecular weight excluding hydrogens is 350 g/mol. The number of nitrogens with zero attached hydrogens (tertiary/aromatic N) is 4. The normalized spacial score (nSPS) is 17.9. The minimum atomic E-state index is -0.459. The first-order valence-corrected chi connectivity index (χ1v) is 9.27. The topological polar surface area (TPSA) is 57.5 Å². The molecule has 1 aromatic heterocycles. The van der Waals surface area contributed by atoms with Crippen molar-refractivity contribution in [2.45, 2.75) is 32.4 Å². The summed E-state index contributed by atoms with van der Waals surface area (Å²) in [6, 6.07) is 3.65. The third kappa shape index (κ3) is 5.18. The van der Waals surface area contributed by atoms with Crippen molar-refractivity contribution in [3.8, 4) is 0 Å². The van der Waals surface area contributed by atoms with Gasteiger partial charge < -0.3 is 15.5 Å². The van der Waals surface area contributed by atoms with Gasteiger partial charge in [0.2, 0.25) is 0 Å². The Kier molecular flexibility index (Phi) is 6.26. The quantitative estimate of drug-likeness (QED) is 0.622. The second-order valence-corrected chi connectivity index (χ2v) is 6.73. The van der Waals surface area contributed by atoms with Crippen LogP contribution < -0.4 is 15.5 Å². The van der Waals surface area contributed by atoms with Crippen molar-refractivity contribution in [2.75, 3.05) is 24.5 Å². The molecule has 8 heteroatoms. The third-order valence-electron chi connectivity index (χ3n) is 4.58. The lowest BCUT2D eigenvalue weighted by atomic mass is 10.1. The lowest BCUT2D eigenvalue weighted by molar-refractivity contribution is 0.468. The largest absolute Gasteiger partial charge is 0.367 e. The van der Waals surface area contributed by atoms with E-state index >= 15 is 0 Å². The summed E-state index contributed by atoms with van der Waals surface area (Å²) in [6.45, 7) is 4.58. The second-order valence-electron chi connectivity index (χ2n) is 6.73. The number of aromatic nitrogens is 2. The first-order valence-electron chi connectivity index (χ1n) is 9.27. The highest BCUT2D eigenvalue weighted by molar-refractivity contribution is 5.80. The van der Waals surface area contributed by atoms with Crippen LogP contribution in [0.4, 0.5) is 14.5 Å². The van der Waals surface area contributed by atoms with Gasteiger partial charge in [-0.15, -0.1) is 0 Å². The zero-order valence-electron chi connectivity index (χ0n) is 15.8. The van der Waals surface area contributed by atoms with E-state index < -0.39 is 11.6 Å². The molecule has 1 fully saturated rings. The van der Waals surface area contributed by atoms with Gasteiger partial charge in [-0.25, -0.2) is 13.8 Å². The molecule has 1 saturated heterocycles. The highest BCUT2D eigenvalue weighted by Gasteiger charge is 2.21. The van der Waals surface area contributed by atoms with Gasteiger partial charge in [0.25, 0.3) is 0 Å². The van der Waals surface area contributed by atoms with E-state index in [0.29, 0.717) is 12.5 Å². The van der Waals surface area contributed by atoms with Crippen molar-refractivity contribution in [2.24, 2.45) is 12.0 Å². The minimum absolute atomic E-state index is 0.0813. The van der Waals surface area contributed by atoms with Gasteiger partial charge in [-0.05, 0) is 38.0 Å². The van der Waals surface area contributed by atoms with Crippen LogP contribution >= 0.6 is 0 Å². The molecule has 0 amide bonds. The Morgan fingerprint density at radius 3 is 2.96 bits per heavy atom. The Balaban J connectivity index is 1.65. The summed E-state index contributed by atoms with van der Waals surface area (Å²) >= 11 is 0. The maximum absolute atomic E-state index is 13.8. The number of piperidine rings is 1. The Bertz CT molecular complexity index is 788. The van der Waals surface area contributed by atoms with Crippen LogP contribution in [0.1, 0.15) is 25.3 Å². The van der Waals surface area contributed by atoms with Crippen LogP contribution in [0.25, 0.3) is 0 Å². The summed E-state index contributed by atoms with van der Waals surface area (Å²) in [7, 11) is 1.91. The minimum Gasteiger partial charge on any atom is -0.367 e. The Morgan fingerprint density at radius 2 is 2.22 bits per heavy atom. The van der Waals surface area contributed by atoms with Crippen LogP contribution in [0.15, 0.2) is 35.6 Å². The standard InChI is InChI=1S/C19H26F2N6/c1-3-22-19(23-10-14-9-15(20)6-7-18(14)21)25-16-5-4-8-27(12-16)17-11-24-26(2)13-17/h6-7,9,11,13,16H,3-5,8,10,12H2,1-2H3,(H2,22,23,25). The first-order chi connectivity index (χ1) is 13.0. The third-order valence-corrected chi connectivity index (χ3v) is 4.58. The molecule has 0 aliphatic carbocycles. The number of hydrogen-bond donors (Lipinski definition) is 2. The van der Waals surface area contributed by atoms with Gasteiger partial charge in [0.05, 0.1) is 18.4 Å². The molecule has 2 aromatic rings. The molecule has 3 rings (SSSR count). The van der Waals surface area contributed by atoms with E-state index in [2.05, 4.69) is 25.6 Å². The van der Waals surface area contributed by atoms with Crippen molar-refractivity contribution in [1.82, 2.24) is 20.4 Å². The van der Waals surface area contributed by atoms with Gasteiger partial charge >= 0.3 is 0 Å². The van der Waals surface area contributed by atoms with Gasteiger partial charge in [0.15, 0.2) is 5.96 Å². The molecule has 0 spiro atoms. The number of benzene rings is 1. The van der Waals surface area contributed by atoms with E-state index in [1.165, 1.54) is 6.07 Å². The van der Waals surface area contributed by atoms with Gasteiger partial charge in [-0.2, -0.15) is 5.10 Å². The lowest BCUT2D eigenvalue weighted by Crippen LogP contribution is -2.51. The molecule has 0 radical (unpaired) electrons. The lowest BCUT2D eigenvalue weighted by Gasteiger charge is -2.34. The average Bonchev–Trinajstić information content (AvgIpc) is 3.09. The second kappa shape index (κ2) is 8.83. The molecular formula is C19H26F2N6. The predicted molar refractivity (Wildman–Crippen MR) is 103 cm³/mol. The number of anilines is 1. The maximum atomic E-state index is 13.8. The summed E-state index contributed by atoms with van der Waals surface area (Å²) < 4.78 is 29.0. The Labute approximate surface area is 158 Å². The summed E-state index contributed by atoms with van der Waals surface area (Å²) in [5, 5.41) is 10.8. The van der Waals surface area contributed by atoms with Gasteiger partial charge in [-0.3, -0.25) is 4.68 Å². The highest BCUT2D eigenvalue weighted by atomic mass is 19.1. The predicted octanol–water partition coefficient (Wildman–Crippen LogP) is 2.42. The fourth-order valence-corrected chi connectivity index (χ4v) is 3.24. The molecule has 1 atom stereocenters. The molecule has 1 aromatic carbocycles. The summed E-state index contributed by atoms with van der Waals surface area (Å²) in [5.41, 5.74) is 1.35. The van der Waals surface area contributed by atoms with Gasteiger partial charge in [-0.1, -0.05) is 0 Å². The zero-order chi connectivity index (χ0) is 19.2. The SMILES string of the molecule is CCNC(=NCc1cc(F)ccc1F)NC1CCCN(c2cnn(C)c2)C1. The Hall–Kier alpha value is -2.64. The number of hydrogen-bond acceptors (Lipinski definition) is 3. The molecule has 146 valence electrons. The first kappa shape index (κ1) is 19.1. The van der Waals surface area contributed by atoms with Crippen LogP contribution in [-0.4, -0.2) is 41.4 Å². The van der Waals surface area contributed by atoms with Gasteiger partial charge in [0, 0.05) is 44.5 Å². The molecule has 6 nitrogen and oxygen atoms in total. The summed E-state index contributed by atoms with van der Waals surface area (Å²) in [4.78, 5) is 6.73. The van der Waals surface area contributed by atoms with Crippen LogP contribution in [0.3, 0.4) is 0 Å². The number of halogens is 2. The monoisotopic (exact) mass is 376 g/mol. The van der Waals surface area contributed by atoms with Crippen molar-refractivity contribution >= 4 is 11.6 Å². The number of rotatable bonds is 5. The Morgan fingerprint density at radius 1 is 1.37 bits per heavy atom. The number of guanidine groups is 1. The van der Waals surface area contributed by atoms with Crippen LogP contribution in [0.5, 0.6) is 0 Å². The smallest absolute Gasteiger partial charge is 0.191 e. The van der Waals surface area contributed by atoms with E-state index in [-0.39, 0.29) is 18.2 Å². The van der Waals surface area contributed by atoms with E-state index in [0.717, 1.165) is 43.8 Å². The van der Waals surface area contributed by atoms with E-state index in [1.54, 1.807) is 4.68 Å². The molecule has 2 N–H and O–H groups in total. The highest BCUT2D eigenvalue weighted by Crippen LogP contribution is 2.19. The molecule has 1 unspecified atom stereocenters.